The first-order chi connectivity index (χ1) is 8.25. The molecule has 0 aromatic carbocycles. The quantitative estimate of drug-likeness (QED) is 0.785. The molecular formula is C13H21N3O. The van der Waals surface area contributed by atoms with Gasteiger partial charge < -0.3 is 5.32 Å². The van der Waals surface area contributed by atoms with Crippen molar-refractivity contribution in [2.45, 2.75) is 64.0 Å². The summed E-state index contributed by atoms with van der Waals surface area (Å²) in [5.74, 6) is 0.972. The third-order valence-electron chi connectivity index (χ3n) is 4.17. The predicted octanol–water partition coefficient (Wildman–Crippen LogP) is 2.43. The molecule has 1 saturated carbocycles. The summed E-state index contributed by atoms with van der Waals surface area (Å²) < 4.78 is 1.88. The van der Waals surface area contributed by atoms with Crippen LogP contribution in [0.3, 0.4) is 0 Å². The summed E-state index contributed by atoms with van der Waals surface area (Å²) in [6, 6.07) is 0.874. The first kappa shape index (κ1) is 10.9. The van der Waals surface area contributed by atoms with Gasteiger partial charge in [0.05, 0.1) is 11.6 Å². The lowest BCUT2D eigenvalue weighted by Gasteiger charge is -2.22. The van der Waals surface area contributed by atoms with Gasteiger partial charge in [0.15, 0.2) is 0 Å². The monoisotopic (exact) mass is 235 g/mol. The molecule has 0 saturated heterocycles. The Balaban J connectivity index is 1.93. The van der Waals surface area contributed by atoms with Crippen molar-refractivity contribution in [3.63, 3.8) is 0 Å². The molecule has 0 amide bonds. The molecule has 4 nitrogen and oxygen atoms in total. The molecule has 1 aromatic rings. The van der Waals surface area contributed by atoms with E-state index in [-0.39, 0.29) is 5.56 Å². The number of hydrogen-bond acceptors (Lipinski definition) is 2. The van der Waals surface area contributed by atoms with Crippen LogP contribution in [0.2, 0.25) is 0 Å². The second-order valence-electron chi connectivity index (χ2n) is 5.52. The molecule has 1 aliphatic carbocycles. The molecule has 2 heterocycles. The molecule has 0 bridgehead atoms. The van der Waals surface area contributed by atoms with Crippen molar-refractivity contribution in [2.75, 3.05) is 5.32 Å². The summed E-state index contributed by atoms with van der Waals surface area (Å²) in [5, 5.41) is 6.68. The standard InChI is InChI=1S/C13H21N3O/c1-9-7-8-11-12(14-9)15-16(13(11)17)10-5-3-2-4-6-10/h9-10,14-15H,2-8H2,1H3/t9-/m0/s1. The Kier molecular flexibility index (Phi) is 2.73. The Morgan fingerprint density at radius 1 is 1.18 bits per heavy atom. The van der Waals surface area contributed by atoms with Crippen molar-refractivity contribution in [3.8, 4) is 0 Å². The van der Waals surface area contributed by atoms with Crippen molar-refractivity contribution in [1.82, 2.24) is 9.78 Å². The van der Waals surface area contributed by atoms with Gasteiger partial charge in [0.25, 0.3) is 5.56 Å². The van der Waals surface area contributed by atoms with E-state index in [1.165, 1.54) is 19.3 Å². The highest BCUT2D eigenvalue weighted by atomic mass is 16.1. The van der Waals surface area contributed by atoms with E-state index in [1.807, 2.05) is 4.68 Å². The summed E-state index contributed by atoms with van der Waals surface area (Å²) in [6.07, 6.45) is 8.10. The second-order valence-corrected chi connectivity index (χ2v) is 5.52. The fourth-order valence-electron chi connectivity index (χ4n) is 3.12. The lowest BCUT2D eigenvalue weighted by molar-refractivity contribution is 0.323. The lowest BCUT2D eigenvalue weighted by Crippen LogP contribution is -2.27. The van der Waals surface area contributed by atoms with Crippen molar-refractivity contribution >= 4 is 5.82 Å². The first-order valence-electron chi connectivity index (χ1n) is 6.85. The average Bonchev–Trinajstić information content (AvgIpc) is 2.67. The van der Waals surface area contributed by atoms with E-state index in [9.17, 15) is 4.79 Å². The minimum absolute atomic E-state index is 0.214. The van der Waals surface area contributed by atoms with Crippen LogP contribution in [0.4, 0.5) is 5.82 Å². The van der Waals surface area contributed by atoms with Gasteiger partial charge in [-0.2, -0.15) is 0 Å². The minimum Gasteiger partial charge on any atom is -0.368 e. The molecule has 3 rings (SSSR count). The molecule has 1 aromatic heterocycles. The molecule has 2 N–H and O–H groups in total. The van der Waals surface area contributed by atoms with Gasteiger partial charge >= 0.3 is 0 Å². The highest BCUT2D eigenvalue weighted by Gasteiger charge is 2.24. The number of fused-ring (bicyclic) bond motifs is 1. The van der Waals surface area contributed by atoms with Crippen LogP contribution in [-0.2, 0) is 6.42 Å². The highest BCUT2D eigenvalue weighted by Crippen LogP contribution is 2.28. The van der Waals surface area contributed by atoms with Crippen molar-refractivity contribution < 1.29 is 0 Å². The molecule has 1 atom stereocenters. The zero-order chi connectivity index (χ0) is 11.8. The van der Waals surface area contributed by atoms with Crippen LogP contribution in [0.5, 0.6) is 0 Å². The van der Waals surface area contributed by atoms with Gasteiger partial charge in [-0.3, -0.25) is 9.89 Å². The summed E-state index contributed by atoms with van der Waals surface area (Å²) in [7, 11) is 0. The van der Waals surface area contributed by atoms with E-state index in [0.717, 1.165) is 37.1 Å². The number of anilines is 1. The molecule has 4 heteroatoms. The largest absolute Gasteiger partial charge is 0.368 e. The van der Waals surface area contributed by atoms with Crippen molar-refractivity contribution in [1.29, 1.82) is 0 Å². The molecule has 2 aliphatic rings. The smallest absolute Gasteiger partial charge is 0.272 e. The number of aromatic amines is 1. The summed E-state index contributed by atoms with van der Waals surface area (Å²) in [6.45, 7) is 2.17. The Morgan fingerprint density at radius 3 is 2.71 bits per heavy atom. The summed E-state index contributed by atoms with van der Waals surface area (Å²) in [5.41, 5.74) is 1.18. The van der Waals surface area contributed by atoms with Gasteiger partial charge in [0.1, 0.15) is 5.82 Å². The third kappa shape index (κ3) is 1.90. The molecule has 1 fully saturated rings. The molecular weight excluding hydrogens is 214 g/mol. The molecule has 94 valence electrons. The number of nitrogens with one attached hydrogen (secondary N) is 2. The SMILES string of the molecule is C[C@H]1CCc2c([nH]n(C3CCCCC3)c2=O)N1. The number of nitrogens with zero attached hydrogens (tertiary/aromatic N) is 1. The Bertz CT molecular complexity index is 454. The van der Waals surface area contributed by atoms with Crippen LogP contribution in [0.15, 0.2) is 4.79 Å². The average molecular weight is 235 g/mol. The van der Waals surface area contributed by atoms with Gasteiger partial charge in [0, 0.05) is 6.04 Å². The van der Waals surface area contributed by atoms with Gasteiger partial charge in [-0.1, -0.05) is 19.3 Å². The Hall–Kier alpha value is -1.19. The maximum absolute atomic E-state index is 12.3. The van der Waals surface area contributed by atoms with Gasteiger partial charge in [-0.25, -0.2) is 4.68 Å². The fourth-order valence-corrected chi connectivity index (χ4v) is 3.12. The Morgan fingerprint density at radius 2 is 1.94 bits per heavy atom. The zero-order valence-electron chi connectivity index (χ0n) is 10.5. The van der Waals surface area contributed by atoms with E-state index < -0.39 is 0 Å². The number of H-pyrrole nitrogens is 1. The van der Waals surface area contributed by atoms with E-state index >= 15 is 0 Å². The summed E-state index contributed by atoms with van der Waals surface area (Å²) >= 11 is 0. The second kappa shape index (κ2) is 4.24. The zero-order valence-corrected chi connectivity index (χ0v) is 10.5. The van der Waals surface area contributed by atoms with Crippen LogP contribution in [0.25, 0.3) is 0 Å². The third-order valence-corrected chi connectivity index (χ3v) is 4.17. The van der Waals surface area contributed by atoms with Crippen molar-refractivity contribution in [3.05, 3.63) is 15.9 Å². The van der Waals surface area contributed by atoms with Gasteiger partial charge in [-0.05, 0) is 32.6 Å². The van der Waals surface area contributed by atoms with Crippen LogP contribution < -0.4 is 10.9 Å². The maximum Gasteiger partial charge on any atom is 0.272 e. The van der Waals surface area contributed by atoms with Gasteiger partial charge in [-0.15, -0.1) is 0 Å². The highest BCUT2D eigenvalue weighted by molar-refractivity contribution is 5.46. The summed E-state index contributed by atoms with van der Waals surface area (Å²) in [4.78, 5) is 12.3. The van der Waals surface area contributed by atoms with Gasteiger partial charge in [0.2, 0.25) is 0 Å². The number of rotatable bonds is 1. The molecule has 0 unspecified atom stereocenters. The molecule has 0 spiro atoms. The topological polar surface area (TPSA) is 49.8 Å². The molecule has 1 aliphatic heterocycles. The van der Waals surface area contributed by atoms with E-state index in [2.05, 4.69) is 17.3 Å². The fraction of sp³-hybridized carbons (Fsp3) is 0.769. The van der Waals surface area contributed by atoms with E-state index in [4.69, 9.17) is 0 Å². The van der Waals surface area contributed by atoms with Crippen LogP contribution in [-0.4, -0.2) is 15.8 Å². The Labute approximate surface area is 101 Å². The lowest BCUT2D eigenvalue weighted by atomic mass is 9.96. The number of aromatic nitrogens is 2. The molecule has 17 heavy (non-hydrogen) atoms. The van der Waals surface area contributed by atoms with Crippen molar-refractivity contribution in [2.24, 2.45) is 0 Å². The van der Waals surface area contributed by atoms with E-state index in [0.29, 0.717) is 12.1 Å². The first-order valence-corrected chi connectivity index (χ1v) is 6.85. The van der Waals surface area contributed by atoms with Crippen LogP contribution in [0.1, 0.15) is 57.1 Å². The van der Waals surface area contributed by atoms with Crippen LogP contribution >= 0.6 is 0 Å². The molecule has 0 radical (unpaired) electrons. The minimum atomic E-state index is 0.214. The predicted molar refractivity (Wildman–Crippen MR) is 68.6 cm³/mol. The van der Waals surface area contributed by atoms with Crippen LogP contribution in [0, 0.1) is 0 Å². The van der Waals surface area contributed by atoms with E-state index in [1.54, 1.807) is 0 Å². The normalized spacial score (nSPS) is 25.4. The maximum atomic E-state index is 12.3. The number of hydrogen-bond donors (Lipinski definition) is 2.